The van der Waals surface area contributed by atoms with Gasteiger partial charge in [0.25, 0.3) is 11.8 Å². The quantitative estimate of drug-likeness (QED) is 0.244. The van der Waals surface area contributed by atoms with Gasteiger partial charge in [-0.15, -0.1) is 0 Å². The average Bonchev–Trinajstić information content (AvgIpc) is 2.83. The van der Waals surface area contributed by atoms with Crippen LogP contribution in [0.1, 0.15) is 58.0 Å². The minimum absolute atomic E-state index is 0.221. The summed E-state index contributed by atoms with van der Waals surface area (Å²) in [5.41, 5.74) is 5.77. The molecule has 3 rings (SSSR count). The van der Waals surface area contributed by atoms with Gasteiger partial charge in [0.05, 0.1) is 12.8 Å². The first-order valence-corrected chi connectivity index (χ1v) is 11.1. The number of nitrogens with zero attached hydrogens (tertiary/aromatic N) is 1. The highest BCUT2D eigenvalue weighted by atomic mass is 16.5. The molecule has 0 radical (unpaired) electrons. The Kier molecular flexibility index (Phi) is 8.77. The summed E-state index contributed by atoms with van der Waals surface area (Å²) in [7, 11) is 0. The molecule has 0 heterocycles. The van der Waals surface area contributed by atoms with Crippen LogP contribution in [0.5, 0.6) is 5.75 Å². The van der Waals surface area contributed by atoms with Crippen LogP contribution in [0.4, 0.5) is 5.69 Å². The smallest absolute Gasteiger partial charge is 0.271 e. The van der Waals surface area contributed by atoms with Gasteiger partial charge in [-0.2, -0.15) is 5.10 Å². The minimum atomic E-state index is -0.367. The van der Waals surface area contributed by atoms with Crippen molar-refractivity contribution in [3.05, 3.63) is 95.1 Å². The number of hydrogen-bond acceptors (Lipinski definition) is 4. The molecular formula is C27H29N3O3. The second-order valence-electron chi connectivity index (χ2n) is 7.67. The van der Waals surface area contributed by atoms with Crippen LogP contribution in [-0.2, 0) is 0 Å². The molecule has 3 aromatic carbocycles. The van der Waals surface area contributed by atoms with Crippen LogP contribution in [0, 0.1) is 6.92 Å². The number of hydrogen-bond donors (Lipinski definition) is 2. The molecule has 0 atom stereocenters. The van der Waals surface area contributed by atoms with Gasteiger partial charge < -0.3 is 10.1 Å². The summed E-state index contributed by atoms with van der Waals surface area (Å²) < 4.78 is 5.69. The van der Waals surface area contributed by atoms with E-state index in [0.717, 1.165) is 36.1 Å². The van der Waals surface area contributed by atoms with Crippen molar-refractivity contribution in [1.82, 2.24) is 5.43 Å². The van der Waals surface area contributed by atoms with Crippen molar-refractivity contribution in [2.24, 2.45) is 5.10 Å². The second-order valence-corrected chi connectivity index (χ2v) is 7.67. The zero-order chi connectivity index (χ0) is 23.5. The Balaban J connectivity index is 1.54. The number of aryl methyl sites for hydroxylation is 1. The number of hydrazone groups is 1. The number of anilines is 1. The summed E-state index contributed by atoms with van der Waals surface area (Å²) in [6.07, 6.45) is 4.94. The van der Waals surface area contributed by atoms with Crippen molar-refractivity contribution in [3.63, 3.8) is 0 Å². The number of ether oxygens (including phenoxy) is 1. The molecule has 3 aromatic rings. The fourth-order valence-corrected chi connectivity index (χ4v) is 3.19. The number of unbranched alkanes of at least 4 members (excludes halogenated alkanes) is 2. The molecule has 0 aliphatic heterocycles. The Labute approximate surface area is 194 Å². The SMILES string of the molecule is CCCCCOc1ccc(/C=N\NC(=O)c2cccc(NC(=O)c3ccccc3C)c2)cc1. The molecule has 0 aromatic heterocycles. The van der Waals surface area contributed by atoms with Gasteiger partial charge in [-0.05, 0) is 73.0 Å². The topological polar surface area (TPSA) is 79.8 Å². The molecule has 6 nitrogen and oxygen atoms in total. The van der Waals surface area contributed by atoms with E-state index in [2.05, 4.69) is 22.8 Å². The lowest BCUT2D eigenvalue weighted by Crippen LogP contribution is -2.18. The monoisotopic (exact) mass is 443 g/mol. The zero-order valence-electron chi connectivity index (χ0n) is 19.0. The van der Waals surface area contributed by atoms with E-state index in [1.165, 1.54) is 0 Å². The van der Waals surface area contributed by atoms with Gasteiger partial charge in [0.2, 0.25) is 0 Å². The highest BCUT2D eigenvalue weighted by Gasteiger charge is 2.10. The molecule has 0 saturated heterocycles. The van der Waals surface area contributed by atoms with Crippen LogP contribution in [0.25, 0.3) is 0 Å². The summed E-state index contributed by atoms with van der Waals surface area (Å²) in [6.45, 7) is 4.75. The Morgan fingerprint density at radius 3 is 2.48 bits per heavy atom. The third-order valence-corrected chi connectivity index (χ3v) is 5.05. The maximum atomic E-state index is 12.5. The lowest BCUT2D eigenvalue weighted by Gasteiger charge is -2.08. The number of benzene rings is 3. The lowest BCUT2D eigenvalue weighted by molar-refractivity contribution is 0.0953. The van der Waals surface area contributed by atoms with Gasteiger partial charge in [-0.3, -0.25) is 9.59 Å². The van der Waals surface area contributed by atoms with E-state index in [1.54, 1.807) is 36.5 Å². The normalized spacial score (nSPS) is 10.7. The first-order valence-electron chi connectivity index (χ1n) is 11.1. The first kappa shape index (κ1) is 23.7. The third kappa shape index (κ3) is 7.31. The maximum Gasteiger partial charge on any atom is 0.271 e. The largest absolute Gasteiger partial charge is 0.494 e. The van der Waals surface area contributed by atoms with E-state index in [9.17, 15) is 9.59 Å². The number of nitrogens with one attached hydrogen (secondary N) is 2. The first-order chi connectivity index (χ1) is 16.1. The predicted octanol–water partition coefficient (Wildman–Crippen LogP) is 5.58. The van der Waals surface area contributed by atoms with Gasteiger partial charge in [0.1, 0.15) is 5.75 Å². The highest BCUT2D eigenvalue weighted by Crippen LogP contribution is 2.15. The minimum Gasteiger partial charge on any atom is -0.494 e. The summed E-state index contributed by atoms with van der Waals surface area (Å²) in [5.74, 6) is 0.229. The fourth-order valence-electron chi connectivity index (χ4n) is 3.19. The van der Waals surface area contributed by atoms with Crippen LogP contribution in [0.3, 0.4) is 0 Å². The molecular weight excluding hydrogens is 414 g/mol. The van der Waals surface area contributed by atoms with E-state index in [0.29, 0.717) is 23.4 Å². The Bertz CT molecular complexity index is 1110. The summed E-state index contributed by atoms with van der Waals surface area (Å²) in [5, 5.41) is 6.86. The lowest BCUT2D eigenvalue weighted by atomic mass is 10.1. The van der Waals surface area contributed by atoms with Gasteiger partial charge in [-0.1, -0.05) is 44.0 Å². The van der Waals surface area contributed by atoms with Gasteiger partial charge in [0, 0.05) is 16.8 Å². The van der Waals surface area contributed by atoms with Crippen LogP contribution < -0.4 is 15.5 Å². The fraction of sp³-hybridized carbons (Fsp3) is 0.222. The molecule has 0 saturated carbocycles. The molecule has 2 N–H and O–H groups in total. The van der Waals surface area contributed by atoms with Crippen LogP contribution in [0.15, 0.2) is 77.9 Å². The molecule has 2 amide bonds. The number of carbonyl (C=O) groups excluding carboxylic acids is 2. The highest BCUT2D eigenvalue weighted by molar-refractivity contribution is 6.06. The molecule has 170 valence electrons. The summed E-state index contributed by atoms with van der Waals surface area (Å²) >= 11 is 0. The number of amides is 2. The van der Waals surface area contributed by atoms with E-state index >= 15 is 0 Å². The van der Waals surface area contributed by atoms with E-state index < -0.39 is 0 Å². The van der Waals surface area contributed by atoms with E-state index in [1.807, 2.05) is 49.4 Å². The molecule has 33 heavy (non-hydrogen) atoms. The Morgan fingerprint density at radius 1 is 0.939 bits per heavy atom. The Hall–Kier alpha value is -3.93. The van der Waals surface area contributed by atoms with E-state index in [4.69, 9.17) is 4.74 Å². The van der Waals surface area contributed by atoms with Crippen LogP contribution >= 0.6 is 0 Å². The van der Waals surface area contributed by atoms with Gasteiger partial charge in [0.15, 0.2) is 0 Å². The molecule has 0 bridgehead atoms. The maximum absolute atomic E-state index is 12.5. The molecule has 0 aliphatic carbocycles. The van der Waals surface area contributed by atoms with Crippen molar-refractivity contribution >= 4 is 23.7 Å². The molecule has 0 spiro atoms. The van der Waals surface area contributed by atoms with Crippen molar-refractivity contribution in [2.45, 2.75) is 33.1 Å². The van der Waals surface area contributed by atoms with Gasteiger partial charge >= 0.3 is 0 Å². The summed E-state index contributed by atoms with van der Waals surface area (Å²) in [4.78, 5) is 25.0. The third-order valence-electron chi connectivity index (χ3n) is 5.05. The number of rotatable bonds is 10. The summed E-state index contributed by atoms with van der Waals surface area (Å²) in [6, 6.07) is 21.6. The van der Waals surface area contributed by atoms with Crippen molar-refractivity contribution in [3.8, 4) is 5.75 Å². The Morgan fingerprint density at radius 2 is 1.73 bits per heavy atom. The van der Waals surface area contributed by atoms with Crippen molar-refractivity contribution in [2.75, 3.05) is 11.9 Å². The predicted molar refractivity (Wildman–Crippen MR) is 132 cm³/mol. The zero-order valence-corrected chi connectivity index (χ0v) is 19.0. The standard InChI is InChI=1S/C27H29N3O3/c1-3-4-7-17-33-24-15-13-21(14-16-24)19-28-30-26(31)22-10-8-11-23(18-22)29-27(32)25-12-6-5-9-20(25)2/h5-6,8-16,18-19H,3-4,7,17H2,1-2H3,(H,29,32)(H,30,31)/b28-19-. The van der Waals surface area contributed by atoms with Crippen LogP contribution in [-0.4, -0.2) is 24.6 Å². The van der Waals surface area contributed by atoms with Gasteiger partial charge in [-0.25, -0.2) is 5.43 Å². The second kappa shape index (κ2) is 12.2. The van der Waals surface area contributed by atoms with E-state index in [-0.39, 0.29) is 11.8 Å². The number of carbonyl (C=O) groups is 2. The van der Waals surface area contributed by atoms with Crippen LogP contribution in [0.2, 0.25) is 0 Å². The molecule has 0 unspecified atom stereocenters. The molecule has 0 aliphatic rings. The average molecular weight is 444 g/mol. The van der Waals surface area contributed by atoms with Crippen molar-refractivity contribution in [1.29, 1.82) is 0 Å². The molecule has 0 fully saturated rings. The molecule has 6 heteroatoms. The van der Waals surface area contributed by atoms with Crippen molar-refractivity contribution < 1.29 is 14.3 Å².